The summed E-state index contributed by atoms with van der Waals surface area (Å²) >= 11 is 0. The van der Waals surface area contributed by atoms with Gasteiger partial charge in [-0.2, -0.15) is 10.5 Å². The van der Waals surface area contributed by atoms with E-state index in [1.54, 1.807) is 65.9 Å². The third-order valence-electron chi connectivity index (χ3n) is 6.04. The lowest BCUT2D eigenvalue weighted by Crippen LogP contribution is -2.44. The van der Waals surface area contributed by atoms with Crippen molar-refractivity contribution in [2.45, 2.75) is 52.6 Å². The molecule has 0 aliphatic carbocycles. The van der Waals surface area contributed by atoms with Gasteiger partial charge in [-0.25, -0.2) is 0 Å². The SMILES string of the molecule is Cc1cccc(C(=O)N(C)C(C)(C)C#N)c1N.Cc1cccc(C(=O)N(C)C(C)(C)C#N)c1[N+](=O)[O-]. The quantitative estimate of drug-likeness (QED) is 0.371. The number of nitrogens with zero attached hydrogens (tertiary/aromatic N) is 5. The summed E-state index contributed by atoms with van der Waals surface area (Å²) in [4.78, 5) is 37.6. The van der Waals surface area contributed by atoms with Gasteiger partial charge >= 0.3 is 0 Å². The number of nitro groups is 1. The minimum absolute atomic E-state index is 0.00387. The Balaban J connectivity index is 0.000000362. The molecule has 2 aromatic rings. The second-order valence-corrected chi connectivity index (χ2v) is 9.33. The summed E-state index contributed by atoms with van der Waals surface area (Å²) in [7, 11) is 3.06. The van der Waals surface area contributed by atoms with Crippen LogP contribution in [0.1, 0.15) is 59.5 Å². The largest absolute Gasteiger partial charge is 0.398 e. The number of amides is 2. The molecule has 0 heterocycles. The van der Waals surface area contributed by atoms with E-state index in [0.717, 1.165) is 5.56 Å². The van der Waals surface area contributed by atoms with Crippen molar-refractivity contribution in [3.63, 3.8) is 0 Å². The van der Waals surface area contributed by atoms with Gasteiger partial charge in [0.05, 0.1) is 22.6 Å². The molecule has 0 saturated heterocycles. The number of carbonyl (C=O) groups excluding carboxylic acids is 2. The number of hydrogen-bond donors (Lipinski definition) is 1. The summed E-state index contributed by atoms with van der Waals surface area (Å²) in [5.41, 5.74) is 5.96. The van der Waals surface area contributed by atoms with Gasteiger partial charge in [-0.3, -0.25) is 19.7 Å². The molecular formula is C26H32N6O4. The Hall–Kier alpha value is -4.44. The molecule has 0 radical (unpaired) electrons. The van der Waals surface area contributed by atoms with E-state index in [1.165, 1.54) is 22.9 Å². The number of aryl methyl sites for hydroxylation is 2. The van der Waals surface area contributed by atoms with Crippen molar-refractivity contribution in [3.8, 4) is 12.1 Å². The van der Waals surface area contributed by atoms with Crippen molar-refractivity contribution >= 4 is 23.2 Å². The van der Waals surface area contributed by atoms with Crippen LogP contribution in [0, 0.1) is 46.6 Å². The summed E-state index contributed by atoms with van der Waals surface area (Å²) in [6.45, 7) is 9.96. The molecule has 10 heteroatoms. The first kappa shape index (κ1) is 29.6. The van der Waals surface area contributed by atoms with Crippen molar-refractivity contribution in [1.29, 1.82) is 10.5 Å². The van der Waals surface area contributed by atoms with Crippen molar-refractivity contribution in [3.05, 3.63) is 68.8 Å². The van der Waals surface area contributed by atoms with Gasteiger partial charge in [-0.1, -0.05) is 24.3 Å². The summed E-state index contributed by atoms with van der Waals surface area (Å²) in [6.07, 6.45) is 0. The minimum atomic E-state index is -1.03. The normalized spacial score (nSPS) is 10.7. The van der Waals surface area contributed by atoms with E-state index in [2.05, 4.69) is 6.07 Å². The number of nitriles is 2. The highest BCUT2D eigenvalue weighted by atomic mass is 16.6. The Morgan fingerprint density at radius 2 is 1.25 bits per heavy atom. The smallest absolute Gasteiger partial charge is 0.285 e. The molecule has 0 spiro atoms. The molecule has 2 rings (SSSR count). The standard InChI is InChI=1S/C13H15N3O3.C13H17N3O/c1-9-6-5-7-10(11(9)16(18)19)12(17)15(4)13(2,3)8-14;1-9-6-5-7-10(11(9)15)12(17)16(4)13(2,3)8-14/h5-7H,1-4H3;5-7H,15H2,1-4H3. The molecule has 2 amide bonds. The highest BCUT2D eigenvalue weighted by molar-refractivity contribution is 6.00. The van der Waals surface area contributed by atoms with Crippen molar-refractivity contribution < 1.29 is 14.5 Å². The van der Waals surface area contributed by atoms with Gasteiger partial charge in [-0.15, -0.1) is 0 Å². The third kappa shape index (κ3) is 6.36. The molecule has 2 aromatic carbocycles. The molecule has 0 saturated carbocycles. The number of hydrogen-bond acceptors (Lipinski definition) is 7. The van der Waals surface area contributed by atoms with Gasteiger partial charge in [-0.05, 0) is 59.2 Å². The van der Waals surface area contributed by atoms with Crippen LogP contribution in [0.15, 0.2) is 36.4 Å². The molecule has 0 bridgehead atoms. The molecule has 0 aliphatic heterocycles. The van der Waals surface area contributed by atoms with E-state index in [9.17, 15) is 19.7 Å². The average Bonchev–Trinajstić information content (AvgIpc) is 2.83. The van der Waals surface area contributed by atoms with E-state index >= 15 is 0 Å². The van der Waals surface area contributed by atoms with Crippen LogP contribution >= 0.6 is 0 Å². The lowest BCUT2D eigenvalue weighted by atomic mass is 10.0. The maximum Gasteiger partial charge on any atom is 0.285 e. The molecule has 190 valence electrons. The number of para-hydroxylation sites is 2. The van der Waals surface area contributed by atoms with Gasteiger partial charge in [0.15, 0.2) is 0 Å². The second-order valence-electron chi connectivity index (χ2n) is 9.33. The lowest BCUT2D eigenvalue weighted by molar-refractivity contribution is -0.385. The summed E-state index contributed by atoms with van der Waals surface area (Å²) in [5, 5.41) is 29.1. The molecule has 0 aromatic heterocycles. The first-order valence-corrected chi connectivity index (χ1v) is 11.0. The lowest BCUT2D eigenvalue weighted by Gasteiger charge is -2.29. The molecule has 0 unspecified atom stereocenters. The highest BCUT2D eigenvalue weighted by Gasteiger charge is 2.32. The van der Waals surface area contributed by atoms with Gasteiger partial charge in [0.25, 0.3) is 17.5 Å². The number of anilines is 1. The zero-order valence-electron chi connectivity index (χ0n) is 21.9. The predicted octanol–water partition coefficient (Wildman–Crippen LogP) is 4.23. The maximum atomic E-state index is 12.3. The molecule has 0 fully saturated rings. The van der Waals surface area contributed by atoms with Crippen LogP contribution in [0.25, 0.3) is 0 Å². The molecule has 10 nitrogen and oxygen atoms in total. The Kier molecular flexibility index (Phi) is 9.31. The number of nitrogens with two attached hydrogens (primary N) is 1. The fourth-order valence-electron chi connectivity index (χ4n) is 2.96. The summed E-state index contributed by atoms with van der Waals surface area (Å²) in [6, 6.07) is 13.9. The van der Waals surface area contributed by atoms with Crippen LogP contribution in [0.4, 0.5) is 11.4 Å². The summed E-state index contributed by atoms with van der Waals surface area (Å²) in [5.74, 6) is -0.778. The molecule has 0 aliphatic rings. The van der Waals surface area contributed by atoms with Crippen LogP contribution in [-0.4, -0.2) is 51.7 Å². The fraction of sp³-hybridized carbons (Fsp3) is 0.385. The van der Waals surface area contributed by atoms with Crippen molar-refractivity contribution in [1.82, 2.24) is 9.80 Å². The van der Waals surface area contributed by atoms with Gasteiger partial charge < -0.3 is 15.5 Å². The highest BCUT2D eigenvalue weighted by Crippen LogP contribution is 2.26. The van der Waals surface area contributed by atoms with E-state index in [-0.39, 0.29) is 17.2 Å². The molecule has 2 N–H and O–H groups in total. The van der Waals surface area contributed by atoms with Crippen LogP contribution in [0.5, 0.6) is 0 Å². The van der Waals surface area contributed by atoms with Crippen LogP contribution in [0.3, 0.4) is 0 Å². The topological polar surface area (TPSA) is 157 Å². The van der Waals surface area contributed by atoms with Gasteiger partial charge in [0.2, 0.25) is 0 Å². The van der Waals surface area contributed by atoms with Gasteiger partial charge in [0, 0.05) is 25.3 Å². The minimum Gasteiger partial charge on any atom is -0.398 e. The molecule has 0 atom stereocenters. The van der Waals surface area contributed by atoms with Crippen LogP contribution in [0.2, 0.25) is 0 Å². The Bertz CT molecular complexity index is 1250. The van der Waals surface area contributed by atoms with Crippen molar-refractivity contribution in [2.75, 3.05) is 19.8 Å². The summed E-state index contributed by atoms with van der Waals surface area (Å²) < 4.78 is 0. The Morgan fingerprint density at radius 3 is 1.67 bits per heavy atom. The Morgan fingerprint density at radius 1 is 0.861 bits per heavy atom. The fourth-order valence-corrected chi connectivity index (χ4v) is 2.96. The number of rotatable bonds is 5. The predicted molar refractivity (Wildman–Crippen MR) is 137 cm³/mol. The first-order chi connectivity index (χ1) is 16.5. The van der Waals surface area contributed by atoms with E-state index < -0.39 is 21.9 Å². The number of nitro benzene ring substituents is 1. The third-order valence-corrected chi connectivity index (χ3v) is 6.04. The molecule has 36 heavy (non-hydrogen) atoms. The second kappa shape index (κ2) is 11.3. The molecular weight excluding hydrogens is 460 g/mol. The van der Waals surface area contributed by atoms with Crippen LogP contribution < -0.4 is 5.73 Å². The zero-order chi connectivity index (χ0) is 28.0. The zero-order valence-corrected chi connectivity index (χ0v) is 21.9. The van der Waals surface area contributed by atoms with E-state index in [1.807, 2.05) is 19.1 Å². The van der Waals surface area contributed by atoms with Gasteiger partial charge in [0.1, 0.15) is 16.6 Å². The first-order valence-electron chi connectivity index (χ1n) is 11.0. The maximum absolute atomic E-state index is 12.3. The average molecular weight is 493 g/mol. The van der Waals surface area contributed by atoms with E-state index in [4.69, 9.17) is 16.3 Å². The Labute approximate surface area is 211 Å². The van der Waals surface area contributed by atoms with Crippen LogP contribution in [-0.2, 0) is 0 Å². The van der Waals surface area contributed by atoms with Crippen molar-refractivity contribution in [2.24, 2.45) is 0 Å². The van der Waals surface area contributed by atoms with E-state index in [0.29, 0.717) is 16.8 Å². The number of nitrogen functional groups attached to an aromatic ring is 1. The monoisotopic (exact) mass is 492 g/mol. The number of benzene rings is 2. The number of carbonyl (C=O) groups is 2.